The van der Waals surface area contributed by atoms with Crippen molar-refractivity contribution >= 4 is 38.7 Å². The fourth-order valence-electron chi connectivity index (χ4n) is 4.16. The Morgan fingerprint density at radius 3 is 2.41 bits per heavy atom. The highest BCUT2D eigenvalue weighted by Crippen LogP contribution is 2.28. The van der Waals surface area contributed by atoms with Gasteiger partial charge in [0.15, 0.2) is 5.52 Å². The Bertz CT molecular complexity index is 1390. The fraction of sp³-hybridized carbons (Fsp3) is 0.240. The smallest absolute Gasteiger partial charge is 0.292 e. The van der Waals surface area contributed by atoms with Crippen LogP contribution in [0, 0.1) is 0 Å². The standard InChI is InChI=1S/C25H27N4/c1-25(2,3)19-8-11-23-17(14-19)6-10-21-16-28-22-12-9-20(26-27(4)5)15-18(22)7-13-24(28)29(21)23/h6-16,26H,1-5H3/q+1. The maximum Gasteiger partial charge on any atom is 0.292 e. The maximum atomic E-state index is 3.33. The Hall–Kier alpha value is -3.11. The van der Waals surface area contributed by atoms with E-state index in [1.54, 1.807) is 0 Å². The van der Waals surface area contributed by atoms with Crippen LogP contribution in [0.2, 0.25) is 0 Å². The van der Waals surface area contributed by atoms with Crippen LogP contribution < -0.4 is 9.83 Å². The molecular formula is C25H27N4+. The molecule has 2 aromatic carbocycles. The van der Waals surface area contributed by atoms with E-state index in [0.29, 0.717) is 0 Å². The Morgan fingerprint density at radius 2 is 1.66 bits per heavy atom. The van der Waals surface area contributed by atoms with Crippen molar-refractivity contribution in [3.63, 3.8) is 0 Å². The molecule has 0 aliphatic carbocycles. The quantitative estimate of drug-likeness (QED) is 0.336. The van der Waals surface area contributed by atoms with Crippen LogP contribution in [-0.2, 0) is 5.41 Å². The van der Waals surface area contributed by atoms with E-state index in [9.17, 15) is 0 Å². The average Bonchev–Trinajstić information content (AvgIpc) is 3.05. The highest BCUT2D eigenvalue weighted by molar-refractivity contribution is 5.87. The number of imidazole rings is 1. The summed E-state index contributed by atoms with van der Waals surface area (Å²) < 4.78 is 4.65. The maximum absolute atomic E-state index is 3.33. The number of benzene rings is 2. The minimum absolute atomic E-state index is 0.144. The zero-order valence-corrected chi connectivity index (χ0v) is 17.7. The number of hydrazine groups is 1. The van der Waals surface area contributed by atoms with Crippen LogP contribution in [-0.4, -0.2) is 23.5 Å². The second kappa shape index (κ2) is 6.19. The molecule has 3 aromatic heterocycles. The van der Waals surface area contributed by atoms with Gasteiger partial charge in [-0.2, -0.15) is 8.80 Å². The van der Waals surface area contributed by atoms with E-state index in [-0.39, 0.29) is 5.41 Å². The molecule has 0 aliphatic heterocycles. The zero-order valence-electron chi connectivity index (χ0n) is 17.7. The van der Waals surface area contributed by atoms with Crippen LogP contribution in [0.4, 0.5) is 5.69 Å². The van der Waals surface area contributed by atoms with Gasteiger partial charge in [-0.3, -0.25) is 0 Å². The lowest BCUT2D eigenvalue weighted by Gasteiger charge is -2.19. The van der Waals surface area contributed by atoms with Gasteiger partial charge in [-0.15, -0.1) is 0 Å². The van der Waals surface area contributed by atoms with Gasteiger partial charge in [0.2, 0.25) is 0 Å². The third-order valence-corrected chi connectivity index (χ3v) is 5.62. The van der Waals surface area contributed by atoms with E-state index in [1.165, 1.54) is 38.5 Å². The third kappa shape index (κ3) is 2.91. The number of hydrogen-bond acceptors (Lipinski definition) is 2. The summed E-state index contributed by atoms with van der Waals surface area (Å²) >= 11 is 0. The molecule has 1 N–H and O–H groups in total. The summed E-state index contributed by atoms with van der Waals surface area (Å²) in [5, 5.41) is 4.44. The van der Waals surface area contributed by atoms with Crippen molar-refractivity contribution in [2.75, 3.05) is 19.5 Å². The van der Waals surface area contributed by atoms with Crippen LogP contribution in [0.25, 0.3) is 33.0 Å². The van der Waals surface area contributed by atoms with Gasteiger partial charge in [-0.05, 0) is 59.5 Å². The molecule has 0 spiro atoms. The molecule has 29 heavy (non-hydrogen) atoms. The van der Waals surface area contributed by atoms with Gasteiger partial charge < -0.3 is 5.43 Å². The fourth-order valence-corrected chi connectivity index (χ4v) is 4.16. The lowest BCUT2D eigenvalue weighted by atomic mass is 9.86. The Labute approximate surface area is 171 Å². The van der Waals surface area contributed by atoms with Gasteiger partial charge in [0.1, 0.15) is 17.2 Å². The molecule has 5 aromatic rings. The van der Waals surface area contributed by atoms with Crippen LogP contribution in [0.3, 0.4) is 0 Å². The third-order valence-electron chi connectivity index (χ3n) is 5.62. The number of hydrogen-bond donors (Lipinski definition) is 1. The largest absolute Gasteiger partial charge is 0.319 e. The summed E-state index contributed by atoms with van der Waals surface area (Å²) in [5.74, 6) is 0. The molecule has 4 heteroatoms. The first kappa shape index (κ1) is 18.0. The van der Waals surface area contributed by atoms with Gasteiger partial charge in [0.05, 0.1) is 0 Å². The normalized spacial score (nSPS) is 12.6. The van der Waals surface area contributed by atoms with Crippen LogP contribution in [0.15, 0.2) is 66.9 Å². The average molecular weight is 384 g/mol. The number of rotatable bonds is 2. The van der Waals surface area contributed by atoms with Crippen molar-refractivity contribution in [3.8, 4) is 0 Å². The van der Waals surface area contributed by atoms with Crippen LogP contribution >= 0.6 is 0 Å². The molecule has 0 saturated heterocycles. The number of fused-ring (bicyclic) bond motifs is 7. The van der Waals surface area contributed by atoms with E-state index in [1.807, 2.05) is 19.1 Å². The molecule has 0 fully saturated rings. The molecule has 0 bridgehead atoms. The first-order chi connectivity index (χ1) is 13.8. The summed E-state index contributed by atoms with van der Waals surface area (Å²) in [6.07, 6.45) is 2.23. The molecule has 0 aliphatic rings. The van der Waals surface area contributed by atoms with E-state index in [2.05, 4.69) is 102 Å². The molecule has 0 atom stereocenters. The van der Waals surface area contributed by atoms with Gasteiger partial charge in [0, 0.05) is 36.6 Å². The van der Waals surface area contributed by atoms with Crippen molar-refractivity contribution in [2.45, 2.75) is 26.2 Å². The van der Waals surface area contributed by atoms with E-state index < -0.39 is 0 Å². The number of anilines is 1. The van der Waals surface area contributed by atoms with Crippen molar-refractivity contribution in [1.29, 1.82) is 0 Å². The van der Waals surface area contributed by atoms with Crippen molar-refractivity contribution in [3.05, 3.63) is 72.4 Å². The molecule has 146 valence electrons. The summed E-state index contributed by atoms with van der Waals surface area (Å²) in [6.45, 7) is 6.79. The summed E-state index contributed by atoms with van der Waals surface area (Å²) in [4.78, 5) is 0. The van der Waals surface area contributed by atoms with Gasteiger partial charge >= 0.3 is 0 Å². The Balaban J connectivity index is 1.78. The predicted octanol–water partition coefficient (Wildman–Crippen LogP) is 5.17. The second-order valence-electron chi connectivity index (χ2n) is 9.09. The lowest BCUT2D eigenvalue weighted by molar-refractivity contribution is -0.479. The first-order valence-corrected chi connectivity index (χ1v) is 10.1. The van der Waals surface area contributed by atoms with Gasteiger partial charge in [-0.25, -0.2) is 5.01 Å². The first-order valence-electron chi connectivity index (χ1n) is 10.1. The van der Waals surface area contributed by atoms with Crippen LogP contribution in [0.5, 0.6) is 0 Å². The molecule has 3 heterocycles. The van der Waals surface area contributed by atoms with Crippen LogP contribution in [0.1, 0.15) is 26.3 Å². The van der Waals surface area contributed by atoms with E-state index in [0.717, 1.165) is 5.69 Å². The molecule has 5 rings (SSSR count). The highest BCUT2D eigenvalue weighted by atomic mass is 15.5. The highest BCUT2D eigenvalue weighted by Gasteiger charge is 2.19. The minimum Gasteiger partial charge on any atom is -0.319 e. The topological polar surface area (TPSA) is 23.8 Å². The summed E-state index contributed by atoms with van der Waals surface area (Å²) in [6, 6.07) is 22.2. The molecule has 4 nitrogen and oxygen atoms in total. The molecule has 0 radical (unpaired) electrons. The van der Waals surface area contributed by atoms with Gasteiger partial charge in [0.25, 0.3) is 5.65 Å². The van der Waals surface area contributed by atoms with E-state index >= 15 is 0 Å². The van der Waals surface area contributed by atoms with Crippen molar-refractivity contribution < 1.29 is 4.40 Å². The monoisotopic (exact) mass is 383 g/mol. The minimum atomic E-state index is 0.144. The zero-order chi connectivity index (χ0) is 20.3. The molecule has 0 amide bonds. The molecule has 0 unspecified atom stereocenters. The SMILES string of the molecule is CN(C)Nc1ccc2c(ccc3n4c(ccc5cc(C(C)(C)C)ccc54)c[n+]23)c1. The summed E-state index contributed by atoms with van der Waals surface area (Å²) in [7, 11) is 4.00. The molecule has 0 saturated carbocycles. The van der Waals surface area contributed by atoms with Crippen molar-refractivity contribution in [2.24, 2.45) is 0 Å². The number of nitrogens with zero attached hydrogens (tertiary/aromatic N) is 3. The lowest BCUT2D eigenvalue weighted by Crippen LogP contribution is -2.21. The Morgan fingerprint density at radius 1 is 0.862 bits per heavy atom. The van der Waals surface area contributed by atoms with E-state index in [4.69, 9.17) is 0 Å². The predicted molar refractivity (Wildman–Crippen MR) is 122 cm³/mol. The summed E-state index contributed by atoms with van der Waals surface area (Å²) in [5.41, 5.74) is 10.7. The number of pyridine rings is 2. The Kier molecular flexibility index (Phi) is 3.83. The number of nitrogens with one attached hydrogen (secondary N) is 1. The van der Waals surface area contributed by atoms with Gasteiger partial charge in [-0.1, -0.05) is 26.8 Å². The van der Waals surface area contributed by atoms with Crippen molar-refractivity contribution in [1.82, 2.24) is 9.41 Å². The number of aromatic nitrogens is 2. The second-order valence-corrected chi connectivity index (χ2v) is 9.09. The molecular weight excluding hydrogens is 356 g/mol.